The Morgan fingerprint density at radius 1 is 1.35 bits per heavy atom. The Hall–Kier alpha value is -3.03. The minimum absolute atomic E-state index is 0.185. The van der Waals surface area contributed by atoms with Crippen LogP contribution in [0.25, 0.3) is 6.08 Å². The molecule has 0 radical (unpaired) electrons. The first-order chi connectivity index (χ1) is 11.0. The smallest absolute Gasteiger partial charge is 0.328 e. The second-order valence-electron chi connectivity index (χ2n) is 4.70. The van der Waals surface area contributed by atoms with Gasteiger partial charge in [-0.1, -0.05) is 6.07 Å². The maximum Gasteiger partial charge on any atom is 0.328 e. The number of carbonyl (C=O) groups excluding carboxylic acids is 3. The van der Waals surface area contributed by atoms with Gasteiger partial charge in [-0.2, -0.15) is 0 Å². The van der Waals surface area contributed by atoms with Crippen molar-refractivity contribution >= 4 is 23.9 Å². The maximum absolute atomic E-state index is 12.0. The summed E-state index contributed by atoms with van der Waals surface area (Å²) in [4.78, 5) is 35.5. The van der Waals surface area contributed by atoms with Crippen molar-refractivity contribution in [2.24, 2.45) is 5.73 Å². The van der Waals surface area contributed by atoms with E-state index in [2.05, 4.69) is 5.32 Å². The van der Waals surface area contributed by atoms with Crippen molar-refractivity contribution in [2.75, 3.05) is 20.3 Å². The zero-order valence-electron chi connectivity index (χ0n) is 12.8. The van der Waals surface area contributed by atoms with Crippen LogP contribution in [0.4, 0.5) is 4.79 Å². The quantitative estimate of drug-likeness (QED) is 0.585. The van der Waals surface area contributed by atoms with E-state index in [0.717, 1.165) is 4.90 Å². The van der Waals surface area contributed by atoms with Gasteiger partial charge < -0.3 is 20.5 Å². The topological polar surface area (TPSA) is 111 Å². The van der Waals surface area contributed by atoms with Crippen LogP contribution in [-0.4, -0.2) is 43.0 Å². The summed E-state index contributed by atoms with van der Waals surface area (Å²) in [5.74, 6) is -0.252. The molecule has 1 heterocycles. The predicted molar refractivity (Wildman–Crippen MR) is 81.6 cm³/mol. The van der Waals surface area contributed by atoms with E-state index in [1.54, 1.807) is 25.1 Å². The monoisotopic (exact) mass is 319 g/mol. The summed E-state index contributed by atoms with van der Waals surface area (Å²) in [6, 6.07) is 4.43. The number of nitrogens with one attached hydrogen (secondary N) is 1. The van der Waals surface area contributed by atoms with Crippen LogP contribution < -0.4 is 20.5 Å². The summed E-state index contributed by atoms with van der Waals surface area (Å²) in [6.45, 7) is 1.75. The number of nitrogens with zero attached hydrogens (tertiary/aromatic N) is 1. The van der Waals surface area contributed by atoms with E-state index in [4.69, 9.17) is 15.2 Å². The van der Waals surface area contributed by atoms with Crippen LogP contribution in [0, 0.1) is 0 Å². The van der Waals surface area contributed by atoms with E-state index in [9.17, 15) is 14.4 Å². The van der Waals surface area contributed by atoms with Crippen molar-refractivity contribution in [2.45, 2.75) is 6.92 Å². The number of hydrogen-bond donors (Lipinski definition) is 2. The SMILES string of the molecule is CCN1C(=O)N/C(=C/c2ccc(OCC(N)=O)c(OC)c2)C1=O. The van der Waals surface area contributed by atoms with E-state index in [1.165, 1.54) is 13.2 Å². The van der Waals surface area contributed by atoms with Gasteiger partial charge in [-0.05, 0) is 30.7 Å². The van der Waals surface area contributed by atoms with Crippen LogP contribution >= 0.6 is 0 Å². The van der Waals surface area contributed by atoms with E-state index in [0.29, 0.717) is 23.6 Å². The Kier molecular flexibility index (Phi) is 4.85. The summed E-state index contributed by atoms with van der Waals surface area (Å²) in [5, 5.41) is 2.51. The number of methoxy groups -OCH3 is 1. The van der Waals surface area contributed by atoms with E-state index < -0.39 is 11.9 Å². The zero-order valence-corrected chi connectivity index (χ0v) is 12.8. The van der Waals surface area contributed by atoms with Crippen LogP contribution in [-0.2, 0) is 9.59 Å². The molecule has 1 saturated heterocycles. The van der Waals surface area contributed by atoms with Crippen molar-refractivity contribution < 1.29 is 23.9 Å². The molecule has 0 aromatic heterocycles. The molecular formula is C15H17N3O5. The fourth-order valence-electron chi connectivity index (χ4n) is 2.07. The predicted octanol–water partition coefficient (Wildman–Crippen LogP) is 0.472. The first kappa shape index (κ1) is 16.3. The highest BCUT2D eigenvalue weighted by Gasteiger charge is 2.31. The lowest BCUT2D eigenvalue weighted by Crippen LogP contribution is -2.30. The van der Waals surface area contributed by atoms with Gasteiger partial charge in [0.15, 0.2) is 18.1 Å². The van der Waals surface area contributed by atoms with Crippen molar-refractivity contribution in [3.8, 4) is 11.5 Å². The first-order valence-corrected chi connectivity index (χ1v) is 6.90. The van der Waals surface area contributed by atoms with Crippen LogP contribution in [0.5, 0.6) is 11.5 Å². The molecule has 0 atom stereocenters. The minimum Gasteiger partial charge on any atom is -0.493 e. The molecule has 1 aliphatic rings. The Morgan fingerprint density at radius 2 is 2.09 bits per heavy atom. The molecule has 0 aliphatic carbocycles. The van der Waals surface area contributed by atoms with Crippen LogP contribution in [0.2, 0.25) is 0 Å². The Morgan fingerprint density at radius 3 is 2.65 bits per heavy atom. The molecule has 8 nitrogen and oxygen atoms in total. The van der Waals surface area contributed by atoms with Gasteiger partial charge in [0.1, 0.15) is 5.70 Å². The second-order valence-corrected chi connectivity index (χ2v) is 4.70. The van der Waals surface area contributed by atoms with Crippen LogP contribution in [0.1, 0.15) is 12.5 Å². The van der Waals surface area contributed by atoms with Crippen molar-refractivity contribution in [1.82, 2.24) is 10.2 Å². The van der Waals surface area contributed by atoms with Gasteiger partial charge in [-0.3, -0.25) is 14.5 Å². The standard InChI is InChI=1S/C15H17N3O5/c1-3-18-14(20)10(17-15(18)21)6-9-4-5-11(12(7-9)22-2)23-8-13(16)19/h4-7H,3,8H2,1-2H3,(H2,16,19)(H,17,21)/b10-6+. The Balaban J connectivity index is 2.24. The average molecular weight is 319 g/mol. The van der Waals surface area contributed by atoms with E-state index >= 15 is 0 Å². The number of primary amides is 1. The zero-order chi connectivity index (χ0) is 17.0. The lowest BCUT2D eigenvalue weighted by atomic mass is 10.1. The largest absolute Gasteiger partial charge is 0.493 e. The lowest BCUT2D eigenvalue weighted by Gasteiger charge is -2.10. The van der Waals surface area contributed by atoms with Gasteiger partial charge in [-0.25, -0.2) is 4.79 Å². The second kappa shape index (κ2) is 6.82. The molecule has 23 heavy (non-hydrogen) atoms. The molecule has 0 unspecified atom stereocenters. The number of nitrogens with two attached hydrogens (primary N) is 1. The molecule has 2 rings (SSSR count). The molecule has 1 aliphatic heterocycles. The van der Waals surface area contributed by atoms with Gasteiger partial charge in [-0.15, -0.1) is 0 Å². The number of urea groups is 1. The molecule has 0 saturated carbocycles. The molecule has 1 fully saturated rings. The fourth-order valence-corrected chi connectivity index (χ4v) is 2.07. The van der Waals surface area contributed by atoms with Crippen molar-refractivity contribution in [3.63, 3.8) is 0 Å². The van der Waals surface area contributed by atoms with Gasteiger partial charge in [0.2, 0.25) is 0 Å². The van der Waals surface area contributed by atoms with Gasteiger partial charge in [0, 0.05) is 6.54 Å². The normalized spacial score (nSPS) is 15.7. The summed E-state index contributed by atoms with van der Waals surface area (Å²) in [7, 11) is 1.45. The number of rotatable bonds is 6. The van der Waals surface area contributed by atoms with E-state index in [-0.39, 0.29) is 18.2 Å². The number of amides is 4. The molecule has 122 valence electrons. The summed E-state index contributed by atoms with van der Waals surface area (Å²) in [6.07, 6.45) is 1.54. The number of imide groups is 1. The average Bonchev–Trinajstić information content (AvgIpc) is 2.79. The molecular weight excluding hydrogens is 302 g/mol. The third kappa shape index (κ3) is 3.60. The molecule has 0 spiro atoms. The highest BCUT2D eigenvalue weighted by atomic mass is 16.5. The summed E-state index contributed by atoms with van der Waals surface area (Å²) < 4.78 is 10.4. The van der Waals surface area contributed by atoms with Crippen LogP contribution in [0.15, 0.2) is 23.9 Å². The molecule has 1 aromatic rings. The first-order valence-electron chi connectivity index (χ1n) is 6.90. The number of hydrogen-bond acceptors (Lipinski definition) is 5. The van der Waals surface area contributed by atoms with E-state index in [1.807, 2.05) is 0 Å². The highest BCUT2D eigenvalue weighted by Crippen LogP contribution is 2.29. The van der Waals surface area contributed by atoms with Crippen LogP contribution in [0.3, 0.4) is 0 Å². The van der Waals surface area contributed by atoms with Crippen molar-refractivity contribution in [3.05, 3.63) is 29.5 Å². The fraction of sp³-hybridized carbons (Fsp3) is 0.267. The third-order valence-corrected chi connectivity index (χ3v) is 3.15. The number of benzene rings is 1. The number of carbonyl (C=O) groups is 3. The molecule has 1 aromatic carbocycles. The number of likely N-dealkylation sites (N-methyl/N-ethyl adjacent to an activating group) is 1. The van der Waals surface area contributed by atoms with Crippen molar-refractivity contribution in [1.29, 1.82) is 0 Å². The molecule has 4 amide bonds. The third-order valence-electron chi connectivity index (χ3n) is 3.15. The van der Waals surface area contributed by atoms with Gasteiger partial charge in [0.05, 0.1) is 7.11 Å². The van der Waals surface area contributed by atoms with Gasteiger partial charge >= 0.3 is 6.03 Å². The summed E-state index contributed by atoms with van der Waals surface area (Å²) >= 11 is 0. The Labute approximate surface area is 132 Å². The van der Waals surface area contributed by atoms with Gasteiger partial charge in [0.25, 0.3) is 11.8 Å². The minimum atomic E-state index is -0.600. The summed E-state index contributed by atoms with van der Waals surface area (Å²) in [5.41, 5.74) is 5.85. The lowest BCUT2D eigenvalue weighted by molar-refractivity contribution is -0.122. The number of ether oxygens (including phenoxy) is 2. The molecule has 0 bridgehead atoms. The molecule has 3 N–H and O–H groups in total. The highest BCUT2D eigenvalue weighted by molar-refractivity contribution is 6.13. The Bertz CT molecular complexity index is 684. The maximum atomic E-state index is 12.0. The molecule has 8 heteroatoms.